The molecule has 0 aromatic rings. The maximum Gasteiger partial charge on any atom is 0.342 e. The molecule has 0 bridgehead atoms. The number of carbonyl (C=O) groups excluding carboxylic acids is 2. The van der Waals surface area contributed by atoms with Gasteiger partial charge in [-0.2, -0.15) is 0 Å². The number of hydrogen-bond acceptors (Lipinski definition) is 5. The standard InChI is InChI=1S/C24H42O5/c1-3-5-7-9-11-13-18-27-22(25)20-16-15-17-21-24(20,29-21)23(26)28-19-14-12-10-8-6-4-2/h20-21H,3-19H2,1-2H3. The molecule has 3 unspecified atom stereocenters. The molecule has 3 atom stereocenters. The van der Waals surface area contributed by atoms with Crippen LogP contribution in [0, 0.1) is 5.92 Å². The summed E-state index contributed by atoms with van der Waals surface area (Å²) in [6.45, 7) is 5.26. The Kier molecular flexibility index (Phi) is 11.0. The molecular weight excluding hydrogens is 368 g/mol. The quantitative estimate of drug-likeness (QED) is 0.185. The summed E-state index contributed by atoms with van der Waals surface area (Å²) in [5, 5.41) is 0. The summed E-state index contributed by atoms with van der Waals surface area (Å²) in [7, 11) is 0. The smallest absolute Gasteiger partial charge is 0.342 e. The molecule has 2 rings (SSSR count). The van der Waals surface area contributed by atoms with Crippen molar-refractivity contribution in [1.29, 1.82) is 0 Å². The number of epoxide rings is 1. The van der Waals surface area contributed by atoms with E-state index in [-0.39, 0.29) is 18.0 Å². The predicted molar refractivity (Wildman–Crippen MR) is 114 cm³/mol. The molecule has 0 radical (unpaired) electrons. The molecule has 0 N–H and O–H groups in total. The lowest BCUT2D eigenvalue weighted by Crippen LogP contribution is -2.44. The summed E-state index contributed by atoms with van der Waals surface area (Å²) >= 11 is 0. The molecule has 0 spiro atoms. The molecule has 2 fully saturated rings. The Labute approximate surface area is 177 Å². The first kappa shape index (κ1) is 24.2. The van der Waals surface area contributed by atoms with Crippen LogP contribution in [0.15, 0.2) is 0 Å². The molecule has 1 aliphatic heterocycles. The van der Waals surface area contributed by atoms with Crippen molar-refractivity contribution < 1.29 is 23.8 Å². The van der Waals surface area contributed by atoms with E-state index in [9.17, 15) is 9.59 Å². The highest BCUT2D eigenvalue weighted by Crippen LogP contribution is 2.52. The zero-order valence-electron chi connectivity index (χ0n) is 18.7. The molecule has 168 valence electrons. The second-order valence-electron chi connectivity index (χ2n) is 8.72. The van der Waals surface area contributed by atoms with Crippen LogP contribution in [0.1, 0.15) is 110 Å². The number of esters is 2. The SMILES string of the molecule is CCCCCCCCOC(=O)C1CCCC2OC21C(=O)OCCCCCCCC. The summed E-state index contributed by atoms with van der Waals surface area (Å²) in [5.74, 6) is -1.13. The first-order valence-corrected chi connectivity index (χ1v) is 12.2. The Balaban J connectivity index is 1.69. The molecule has 1 saturated carbocycles. The molecule has 1 aliphatic carbocycles. The van der Waals surface area contributed by atoms with E-state index in [1.807, 2.05) is 0 Å². The number of fused-ring (bicyclic) bond motifs is 1. The van der Waals surface area contributed by atoms with Gasteiger partial charge in [0.25, 0.3) is 0 Å². The van der Waals surface area contributed by atoms with E-state index in [0.717, 1.165) is 38.5 Å². The van der Waals surface area contributed by atoms with Crippen LogP contribution in [-0.4, -0.2) is 36.9 Å². The second kappa shape index (κ2) is 13.3. The first-order chi connectivity index (χ1) is 14.2. The third-order valence-electron chi connectivity index (χ3n) is 6.31. The summed E-state index contributed by atoms with van der Waals surface area (Å²) in [5.41, 5.74) is -1.06. The lowest BCUT2D eigenvalue weighted by atomic mass is 9.79. The maximum absolute atomic E-state index is 12.7. The molecule has 0 amide bonds. The fourth-order valence-electron chi connectivity index (χ4n) is 4.43. The van der Waals surface area contributed by atoms with Gasteiger partial charge in [0.15, 0.2) is 0 Å². The third kappa shape index (κ3) is 7.27. The molecule has 1 heterocycles. The molecular formula is C24H42O5. The maximum atomic E-state index is 12.7. The van der Waals surface area contributed by atoms with Gasteiger partial charge < -0.3 is 14.2 Å². The van der Waals surface area contributed by atoms with Gasteiger partial charge in [-0.05, 0) is 32.1 Å². The van der Waals surface area contributed by atoms with Gasteiger partial charge in [0.1, 0.15) is 0 Å². The molecule has 5 nitrogen and oxygen atoms in total. The van der Waals surface area contributed by atoms with Crippen molar-refractivity contribution in [2.45, 2.75) is 122 Å². The van der Waals surface area contributed by atoms with E-state index in [2.05, 4.69) is 13.8 Å². The largest absolute Gasteiger partial charge is 0.465 e. The number of ether oxygens (including phenoxy) is 3. The molecule has 5 heteroatoms. The Morgan fingerprint density at radius 2 is 1.34 bits per heavy atom. The summed E-state index contributed by atoms with van der Waals surface area (Å²) in [6, 6.07) is 0. The minimum absolute atomic E-state index is 0.167. The highest BCUT2D eigenvalue weighted by Gasteiger charge is 2.71. The minimum Gasteiger partial charge on any atom is -0.465 e. The van der Waals surface area contributed by atoms with Crippen molar-refractivity contribution >= 4 is 11.9 Å². The summed E-state index contributed by atoms with van der Waals surface area (Å²) in [6.07, 6.45) is 16.0. The molecule has 29 heavy (non-hydrogen) atoms. The van der Waals surface area contributed by atoms with E-state index in [4.69, 9.17) is 14.2 Å². The van der Waals surface area contributed by atoms with E-state index in [1.165, 1.54) is 51.4 Å². The third-order valence-corrected chi connectivity index (χ3v) is 6.31. The van der Waals surface area contributed by atoms with Crippen molar-refractivity contribution in [2.24, 2.45) is 5.92 Å². The van der Waals surface area contributed by atoms with Crippen LogP contribution < -0.4 is 0 Å². The van der Waals surface area contributed by atoms with Crippen molar-refractivity contribution in [3.63, 3.8) is 0 Å². The number of rotatable bonds is 16. The Bertz CT molecular complexity index is 492. The van der Waals surface area contributed by atoms with Crippen LogP contribution in [0.3, 0.4) is 0 Å². The monoisotopic (exact) mass is 410 g/mol. The first-order valence-electron chi connectivity index (χ1n) is 12.2. The Morgan fingerprint density at radius 1 is 0.793 bits per heavy atom. The van der Waals surface area contributed by atoms with Gasteiger partial charge in [-0.3, -0.25) is 4.79 Å². The summed E-state index contributed by atoms with van der Waals surface area (Å²) < 4.78 is 16.8. The lowest BCUT2D eigenvalue weighted by Gasteiger charge is -2.25. The van der Waals surface area contributed by atoms with Crippen molar-refractivity contribution in [2.75, 3.05) is 13.2 Å². The van der Waals surface area contributed by atoms with Crippen LogP contribution in [0.5, 0.6) is 0 Å². The Morgan fingerprint density at radius 3 is 1.97 bits per heavy atom. The van der Waals surface area contributed by atoms with Crippen LogP contribution in [0.2, 0.25) is 0 Å². The average molecular weight is 411 g/mol. The van der Waals surface area contributed by atoms with E-state index in [1.54, 1.807) is 0 Å². The zero-order valence-corrected chi connectivity index (χ0v) is 18.7. The fraction of sp³-hybridized carbons (Fsp3) is 0.917. The van der Waals surface area contributed by atoms with Gasteiger partial charge >= 0.3 is 11.9 Å². The fourth-order valence-corrected chi connectivity index (χ4v) is 4.43. The number of unbranched alkanes of at least 4 members (excludes halogenated alkanes) is 10. The van der Waals surface area contributed by atoms with Crippen molar-refractivity contribution in [3.8, 4) is 0 Å². The highest BCUT2D eigenvalue weighted by atomic mass is 16.7. The normalized spacial score (nSPS) is 25.3. The predicted octanol–water partition coefficient (Wildman–Crippen LogP) is 5.73. The zero-order chi connectivity index (χ0) is 21.0. The van der Waals surface area contributed by atoms with Crippen molar-refractivity contribution in [1.82, 2.24) is 0 Å². The highest BCUT2D eigenvalue weighted by molar-refractivity contribution is 5.91. The van der Waals surface area contributed by atoms with Gasteiger partial charge in [-0.25, -0.2) is 4.79 Å². The minimum atomic E-state index is -1.06. The van der Waals surface area contributed by atoms with Gasteiger partial charge in [0.05, 0.1) is 25.2 Å². The van der Waals surface area contributed by atoms with Gasteiger partial charge in [0.2, 0.25) is 5.60 Å². The Hall–Kier alpha value is -1.10. The van der Waals surface area contributed by atoms with Crippen molar-refractivity contribution in [3.05, 3.63) is 0 Å². The summed E-state index contributed by atoms with van der Waals surface area (Å²) in [4.78, 5) is 25.4. The number of carbonyl (C=O) groups is 2. The average Bonchev–Trinajstić information content (AvgIpc) is 3.48. The van der Waals surface area contributed by atoms with Crippen LogP contribution in [-0.2, 0) is 23.8 Å². The lowest BCUT2D eigenvalue weighted by molar-refractivity contribution is -0.163. The van der Waals surface area contributed by atoms with Crippen LogP contribution in [0.25, 0.3) is 0 Å². The molecule has 2 aliphatic rings. The molecule has 0 aromatic heterocycles. The second-order valence-corrected chi connectivity index (χ2v) is 8.72. The molecule has 0 aromatic carbocycles. The van der Waals surface area contributed by atoms with Gasteiger partial charge in [0, 0.05) is 0 Å². The van der Waals surface area contributed by atoms with Crippen LogP contribution >= 0.6 is 0 Å². The van der Waals surface area contributed by atoms with E-state index < -0.39 is 11.5 Å². The van der Waals surface area contributed by atoms with Gasteiger partial charge in [-0.15, -0.1) is 0 Å². The van der Waals surface area contributed by atoms with Crippen LogP contribution in [0.4, 0.5) is 0 Å². The van der Waals surface area contributed by atoms with Gasteiger partial charge in [-0.1, -0.05) is 78.1 Å². The topological polar surface area (TPSA) is 65.1 Å². The molecule has 1 saturated heterocycles. The van der Waals surface area contributed by atoms with E-state index in [0.29, 0.717) is 19.6 Å². The van der Waals surface area contributed by atoms with E-state index >= 15 is 0 Å². The number of hydrogen-bond donors (Lipinski definition) is 0.